The first-order valence-electron chi connectivity index (χ1n) is 6.19. The summed E-state index contributed by atoms with van der Waals surface area (Å²) < 4.78 is 37.7. The molecule has 19 heavy (non-hydrogen) atoms. The lowest BCUT2D eigenvalue weighted by Crippen LogP contribution is -2.09. The van der Waals surface area contributed by atoms with E-state index in [-0.39, 0.29) is 24.4 Å². The first kappa shape index (κ1) is 16.1. The fourth-order valence-corrected chi connectivity index (χ4v) is 2.38. The molecule has 0 aromatic heterocycles. The molecule has 0 amide bonds. The van der Waals surface area contributed by atoms with E-state index in [1.807, 2.05) is 6.07 Å². The van der Waals surface area contributed by atoms with Gasteiger partial charge in [0.25, 0.3) is 0 Å². The molecule has 2 unspecified atom stereocenters. The van der Waals surface area contributed by atoms with E-state index in [0.717, 1.165) is 11.8 Å². The second kappa shape index (κ2) is 9.02. The monoisotopic (exact) mass is 290 g/mol. The average Bonchev–Trinajstić information content (AvgIpc) is 2.45. The van der Waals surface area contributed by atoms with Crippen LogP contribution in [0.15, 0.2) is 30.3 Å². The molecule has 0 aliphatic heterocycles. The molecule has 1 aromatic carbocycles. The molecular formula is C14H17F3OS. The predicted octanol–water partition coefficient (Wildman–Crippen LogP) is 4.38. The lowest BCUT2D eigenvalue weighted by atomic mass is 10.1. The van der Waals surface area contributed by atoms with Crippen LogP contribution < -0.4 is 0 Å². The molecule has 0 aliphatic rings. The van der Waals surface area contributed by atoms with E-state index >= 15 is 0 Å². The van der Waals surface area contributed by atoms with Gasteiger partial charge in [-0.25, -0.2) is 13.2 Å². The van der Waals surface area contributed by atoms with Gasteiger partial charge < -0.3 is 0 Å². The Kier molecular flexibility index (Phi) is 7.63. The Morgan fingerprint density at radius 3 is 2.32 bits per heavy atom. The highest BCUT2D eigenvalue weighted by Crippen LogP contribution is 2.17. The maximum atomic E-state index is 13.3. The maximum Gasteiger partial charge on any atom is 0.219 e. The van der Waals surface area contributed by atoms with Gasteiger partial charge in [-0.05, 0) is 19.3 Å². The fraction of sp³-hybridized carbons (Fsp3) is 0.500. The van der Waals surface area contributed by atoms with Crippen molar-refractivity contribution >= 4 is 16.9 Å². The van der Waals surface area contributed by atoms with E-state index in [9.17, 15) is 18.0 Å². The second-order valence-electron chi connectivity index (χ2n) is 4.22. The molecule has 0 aliphatic carbocycles. The van der Waals surface area contributed by atoms with Gasteiger partial charge in [0.2, 0.25) is 5.12 Å². The number of carbonyl (C=O) groups excluding carboxylic acids is 1. The molecule has 0 radical (unpaired) electrons. The van der Waals surface area contributed by atoms with Crippen LogP contribution in [0.5, 0.6) is 0 Å². The van der Waals surface area contributed by atoms with E-state index in [2.05, 4.69) is 0 Å². The third-order valence-electron chi connectivity index (χ3n) is 2.63. The number of carbonyl (C=O) groups is 1. The Balaban J connectivity index is 2.18. The summed E-state index contributed by atoms with van der Waals surface area (Å²) in [6.07, 6.45) is -2.67. The number of hydrogen-bond acceptors (Lipinski definition) is 2. The second-order valence-corrected chi connectivity index (χ2v) is 5.28. The minimum Gasteiger partial charge on any atom is -0.282 e. The molecule has 5 heteroatoms. The Labute approximate surface area is 115 Å². The van der Waals surface area contributed by atoms with E-state index in [1.54, 1.807) is 24.3 Å². The van der Waals surface area contributed by atoms with Crippen LogP contribution in [-0.2, 0) is 0 Å². The summed E-state index contributed by atoms with van der Waals surface area (Å²) in [5.74, 6) is 0.349. The third-order valence-corrected chi connectivity index (χ3v) is 3.57. The SMILES string of the molecule is O=C(SCCC(F)CCC(F)CF)c1ccccc1. The van der Waals surface area contributed by atoms with E-state index in [4.69, 9.17) is 0 Å². The largest absolute Gasteiger partial charge is 0.282 e. The summed E-state index contributed by atoms with van der Waals surface area (Å²) in [5.41, 5.74) is 0.587. The van der Waals surface area contributed by atoms with Gasteiger partial charge in [0.05, 0.1) is 0 Å². The van der Waals surface area contributed by atoms with E-state index < -0.39 is 19.0 Å². The van der Waals surface area contributed by atoms with Crippen molar-refractivity contribution in [3.05, 3.63) is 35.9 Å². The third kappa shape index (κ3) is 6.66. The number of rotatable bonds is 8. The maximum absolute atomic E-state index is 13.3. The molecule has 0 fully saturated rings. The number of hydrogen-bond donors (Lipinski definition) is 0. The molecule has 1 nitrogen and oxygen atoms in total. The fourth-order valence-electron chi connectivity index (χ4n) is 1.52. The van der Waals surface area contributed by atoms with Gasteiger partial charge in [0.15, 0.2) is 0 Å². The molecule has 0 saturated carbocycles. The van der Waals surface area contributed by atoms with Crippen molar-refractivity contribution in [3.63, 3.8) is 0 Å². The Bertz CT molecular complexity index is 372. The number of thioether (sulfide) groups is 1. The Morgan fingerprint density at radius 2 is 1.68 bits per heavy atom. The van der Waals surface area contributed by atoms with Crippen LogP contribution in [0.25, 0.3) is 0 Å². The zero-order valence-electron chi connectivity index (χ0n) is 10.5. The highest BCUT2D eigenvalue weighted by atomic mass is 32.2. The van der Waals surface area contributed by atoms with Crippen LogP contribution in [0.4, 0.5) is 13.2 Å². The smallest absolute Gasteiger partial charge is 0.219 e. The van der Waals surface area contributed by atoms with Crippen LogP contribution >= 0.6 is 11.8 Å². The molecule has 1 aromatic rings. The van der Waals surface area contributed by atoms with Crippen LogP contribution in [0, 0.1) is 0 Å². The standard InChI is InChI=1S/C14H17F3OS/c15-10-13(17)7-6-12(16)8-9-19-14(18)11-4-2-1-3-5-11/h1-5,12-13H,6-10H2. The minimum atomic E-state index is -1.57. The molecule has 106 valence electrons. The average molecular weight is 290 g/mol. The Hall–Kier alpha value is -0.970. The predicted molar refractivity (Wildman–Crippen MR) is 72.8 cm³/mol. The molecule has 0 N–H and O–H groups in total. The lowest BCUT2D eigenvalue weighted by Gasteiger charge is -2.08. The van der Waals surface area contributed by atoms with Crippen molar-refractivity contribution in [3.8, 4) is 0 Å². The van der Waals surface area contributed by atoms with Crippen molar-refractivity contribution in [1.82, 2.24) is 0 Å². The molecule has 1 rings (SSSR count). The van der Waals surface area contributed by atoms with Crippen molar-refractivity contribution in [2.45, 2.75) is 31.6 Å². The van der Waals surface area contributed by atoms with Crippen LogP contribution in [0.3, 0.4) is 0 Å². The highest BCUT2D eigenvalue weighted by molar-refractivity contribution is 8.14. The van der Waals surface area contributed by atoms with Gasteiger partial charge in [-0.1, -0.05) is 42.1 Å². The van der Waals surface area contributed by atoms with E-state index in [1.165, 1.54) is 0 Å². The number of benzene rings is 1. The number of alkyl halides is 3. The summed E-state index contributed by atoms with van der Waals surface area (Å²) in [5, 5.41) is -0.0973. The van der Waals surface area contributed by atoms with Gasteiger partial charge in [0.1, 0.15) is 19.0 Å². The van der Waals surface area contributed by atoms with Gasteiger partial charge in [0, 0.05) is 11.3 Å². The molecule has 0 bridgehead atoms. The summed E-state index contributed by atoms with van der Waals surface area (Å²) in [4.78, 5) is 11.7. The van der Waals surface area contributed by atoms with Gasteiger partial charge >= 0.3 is 0 Å². The molecule has 0 saturated heterocycles. The van der Waals surface area contributed by atoms with Crippen molar-refractivity contribution in [2.75, 3.05) is 12.4 Å². The van der Waals surface area contributed by atoms with Crippen molar-refractivity contribution < 1.29 is 18.0 Å². The quantitative estimate of drug-likeness (QED) is 0.707. The first-order valence-corrected chi connectivity index (χ1v) is 7.18. The van der Waals surface area contributed by atoms with Crippen molar-refractivity contribution in [1.29, 1.82) is 0 Å². The molecule has 2 atom stereocenters. The lowest BCUT2D eigenvalue weighted by molar-refractivity contribution is 0.108. The Morgan fingerprint density at radius 1 is 1.05 bits per heavy atom. The van der Waals surface area contributed by atoms with Crippen LogP contribution in [-0.4, -0.2) is 29.9 Å². The summed E-state index contributed by atoms with van der Waals surface area (Å²) in [7, 11) is 0. The highest BCUT2D eigenvalue weighted by Gasteiger charge is 2.13. The minimum absolute atomic E-state index is 0.00513. The zero-order valence-corrected chi connectivity index (χ0v) is 11.3. The first-order chi connectivity index (χ1) is 9.13. The molecule has 0 heterocycles. The van der Waals surface area contributed by atoms with Crippen molar-refractivity contribution in [2.24, 2.45) is 0 Å². The molecule has 0 spiro atoms. The van der Waals surface area contributed by atoms with Gasteiger partial charge in [-0.15, -0.1) is 0 Å². The van der Waals surface area contributed by atoms with Gasteiger partial charge in [-0.3, -0.25) is 4.79 Å². The van der Waals surface area contributed by atoms with Crippen LogP contribution in [0.1, 0.15) is 29.6 Å². The molecular weight excluding hydrogens is 273 g/mol. The summed E-state index contributed by atoms with van der Waals surface area (Å²) in [6.45, 7) is -1.06. The van der Waals surface area contributed by atoms with Gasteiger partial charge in [-0.2, -0.15) is 0 Å². The zero-order chi connectivity index (χ0) is 14.1. The normalized spacial score (nSPS) is 14.1. The van der Waals surface area contributed by atoms with E-state index in [0.29, 0.717) is 11.3 Å². The van der Waals surface area contributed by atoms with Crippen LogP contribution in [0.2, 0.25) is 0 Å². The summed E-state index contributed by atoms with van der Waals surface area (Å²) in [6, 6.07) is 8.76. The summed E-state index contributed by atoms with van der Waals surface area (Å²) >= 11 is 1.05. The number of halogens is 3. The topological polar surface area (TPSA) is 17.1 Å².